The van der Waals surface area contributed by atoms with Gasteiger partial charge in [0.1, 0.15) is 18.0 Å². The average molecular weight is 777 g/mol. The Kier molecular flexibility index (Phi) is 16.1. The van der Waals surface area contributed by atoms with Crippen molar-refractivity contribution in [2.24, 2.45) is 0 Å². The number of unbranched alkanes of at least 4 members (excludes halogenated alkanes) is 3. The molecule has 1 aliphatic rings. The smallest absolute Gasteiger partial charge is 0.410 e. The number of quaternary nitrogens is 1. The van der Waals surface area contributed by atoms with E-state index in [1.54, 1.807) is 4.90 Å². The molecule has 10 heteroatoms. The minimum atomic E-state index is -0.878. The lowest BCUT2D eigenvalue weighted by molar-refractivity contribution is -0.180. The fourth-order valence-corrected chi connectivity index (χ4v) is 5.28. The van der Waals surface area contributed by atoms with Crippen molar-refractivity contribution in [2.75, 3.05) is 54.1 Å². The molecule has 48 heavy (non-hydrogen) atoms. The summed E-state index contributed by atoms with van der Waals surface area (Å²) in [4.78, 5) is 14.8. The number of rotatable bonds is 18. The number of fused-ring (bicyclic) bond motifs is 1. The van der Waals surface area contributed by atoms with Crippen LogP contribution in [0.1, 0.15) is 67.9 Å². The normalized spacial score (nSPS) is 14.3. The molecule has 0 saturated carbocycles. The van der Waals surface area contributed by atoms with E-state index in [1.165, 1.54) is 5.69 Å². The molecule has 0 spiro atoms. The van der Waals surface area contributed by atoms with Crippen LogP contribution in [0.5, 0.6) is 5.75 Å². The van der Waals surface area contributed by atoms with Crippen LogP contribution in [0, 0.1) is 0 Å². The summed E-state index contributed by atoms with van der Waals surface area (Å²) in [7, 11) is 6.46. The van der Waals surface area contributed by atoms with Crippen molar-refractivity contribution < 1.29 is 57.6 Å². The number of halogens is 1. The third-order valence-electron chi connectivity index (χ3n) is 8.05. The Morgan fingerprint density at radius 1 is 0.875 bits per heavy atom. The van der Waals surface area contributed by atoms with Crippen LogP contribution in [0.3, 0.4) is 0 Å². The minimum Gasteiger partial charge on any atom is -1.00 e. The first kappa shape index (κ1) is 39.7. The Bertz CT molecular complexity index is 1400. The van der Waals surface area contributed by atoms with Gasteiger partial charge in [-0.2, -0.15) is 0 Å². The summed E-state index contributed by atoms with van der Waals surface area (Å²) >= 11 is 0. The van der Waals surface area contributed by atoms with Crippen LogP contribution in [-0.2, 0) is 38.8 Å². The molecule has 0 radical (unpaired) electrons. The Balaban J connectivity index is 0.00000625. The summed E-state index contributed by atoms with van der Waals surface area (Å²) in [5.74, 6) is 0.0562. The molecule has 1 aliphatic heterocycles. The van der Waals surface area contributed by atoms with Crippen molar-refractivity contribution in [3.8, 4) is 5.75 Å². The lowest BCUT2D eigenvalue weighted by atomic mass is 10.0. The van der Waals surface area contributed by atoms with Gasteiger partial charge < -0.3 is 57.7 Å². The first-order valence-electron chi connectivity index (χ1n) is 16.7. The zero-order valence-corrected chi connectivity index (χ0v) is 31.3. The number of hydrogen-bond donors (Lipinski definition) is 1. The van der Waals surface area contributed by atoms with Crippen molar-refractivity contribution >= 4 is 11.8 Å². The maximum absolute atomic E-state index is 13.1. The lowest BCUT2D eigenvalue weighted by Crippen LogP contribution is -3.00. The van der Waals surface area contributed by atoms with E-state index >= 15 is 0 Å². The molecule has 1 heterocycles. The van der Waals surface area contributed by atoms with Crippen LogP contribution >= 0.6 is 0 Å². The third kappa shape index (κ3) is 13.3. The zero-order chi connectivity index (χ0) is 33.7. The molecule has 3 aromatic carbocycles. The molecule has 1 N–H and O–H groups in total. The molecule has 0 fully saturated rings. The van der Waals surface area contributed by atoms with E-state index in [0.717, 1.165) is 52.6 Å². The number of hydrogen-bond acceptors (Lipinski definition) is 7. The molecular weight excluding hydrogens is 723 g/mol. The van der Waals surface area contributed by atoms with E-state index in [1.807, 2.05) is 62.4 Å². The quantitative estimate of drug-likeness (QED) is 0.119. The maximum Gasteiger partial charge on any atom is 0.410 e. The van der Waals surface area contributed by atoms with Gasteiger partial charge >= 0.3 is 6.09 Å². The van der Waals surface area contributed by atoms with Gasteiger partial charge in [0.05, 0.1) is 60.2 Å². The number of aliphatic hydroxyl groups is 1. The van der Waals surface area contributed by atoms with E-state index in [-0.39, 0.29) is 37.1 Å². The number of aliphatic hydroxyl groups excluding tert-OH is 1. The standard InChI is InChI=1S/C38H53N2O7.HI/c1-38(2)46-29-33-25-32(18-19-36(33)47-38)35(41)26-39(37(42)45-28-30-14-9-8-10-15-30)20-11-6-7-12-21-43-22-23-44-27-31-16-13-17-34(24-31)40(3,4)5;/h8-10,13-19,24-25,35,41H,6-7,11-12,20-23,26-29H2,1-5H3;1H/q+1;/p-1/t35-;/m1./s1. The number of amides is 1. The highest BCUT2D eigenvalue weighted by Gasteiger charge is 2.28. The van der Waals surface area contributed by atoms with E-state index in [2.05, 4.69) is 45.4 Å². The second kappa shape index (κ2) is 19.4. The summed E-state index contributed by atoms with van der Waals surface area (Å²) in [5.41, 5.74) is 4.90. The minimum absolute atomic E-state index is 0. The van der Waals surface area contributed by atoms with Crippen LogP contribution in [0.15, 0.2) is 72.8 Å². The molecule has 0 bridgehead atoms. The maximum atomic E-state index is 13.1. The van der Waals surface area contributed by atoms with Crippen molar-refractivity contribution in [1.82, 2.24) is 9.38 Å². The second-order valence-corrected chi connectivity index (χ2v) is 13.4. The molecule has 0 aliphatic carbocycles. The highest BCUT2D eigenvalue weighted by Crippen LogP contribution is 2.33. The first-order valence-corrected chi connectivity index (χ1v) is 16.7. The van der Waals surface area contributed by atoms with Crippen molar-refractivity contribution in [2.45, 2.75) is 71.2 Å². The summed E-state index contributed by atoms with van der Waals surface area (Å²) in [6, 6.07) is 23.7. The predicted molar refractivity (Wildman–Crippen MR) is 184 cm³/mol. The summed E-state index contributed by atoms with van der Waals surface area (Å²) in [6.07, 6.45) is 2.33. The first-order chi connectivity index (χ1) is 22.5. The van der Waals surface area contributed by atoms with E-state index < -0.39 is 18.0 Å². The molecule has 1 amide bonds. The van der Waals surface area contributed by atoms with Crippen molar-refractivity contribution in [1.29, 1.82) is 0 Å². The van der Waals surface area contributed by atoms with Gasteiger partial charge in [0.2, 0.25) is 5.79 Å². The molecule has 0 aromatic heterocycles. The fraction of sp³-hybridized carbons (Fsp3) is 0.500. The van der Waals surface area contributed by atoms with Crippen LogP contribution in [0.2, 0.25) is 0 Å². The highest BCUT2D eigenvalue weighted by atomic mass is 127. The number of carbonyl (C=O) groups excluding carboxylic acids is 1. The monoisotopic (exact) mass is 776 g/mol. The second-order valence-electron chi connectivity index (χ2n) is 13.4. The van der Waals surface area contributed by atoms with Gasteiger partial charge in [-0.15, -0.1) is 0 Å². The zero-order valence-electron chi connectivity index (χ0n) is 29.2. The van der Waals surface area contributed by atoms with Crippen molar-refractivity contribution in [3.05, 3.63) is 95.1 Å². The molecule has 0 unspecified atom stereocenters. The highest BCUT2D eigenvalue weighted by molar-refractivity contribution is 5.67. The fourth-order valence-electron chi connectivity index (χ4n) is 5.28. The van der Waals surface area contributed by atoms with Crippen LogP contribution < -0.4 is 33.2 Å². The van der Waals surface area contributed by atoms with Gasteiger partial charge in [-0.3, -0.25) is 4.48 Å². The van der Waals surface area contributed by atoms with Gasteiger partial charge in [0.15, 0.2) is 0 Å². The average Bonchev–Trinajstić information content (AvgIpc) is 3.05. The Labute approximate surface area is 303 Å². The number of carbonyl (C=O) groups is 1. The molecule has 9 nitrogen and oxygen atoms in total. The number of benzene rings is 3. The molecular formula is C38H53IN2O7. The summed E-state index contributed by atoms with van der Waals surface area (Å²) in [6.45, 7) is 7.29. The Morgan fingerprint density at radius 3 is 2.38 bits per heavy atom. The van der Waals surface area contributed by atoms with Gasteiger partial charge in [0.25, 0.3) is 0 Å². The van der Waals surface area contributed by atoms with E-state index in [9.17, 15) is 9.90 Å². The molecule has 3 aromatic rings. The molecule has 0 saturated heterocycles. The third-order valence-corrected chi connectivity index (χ3v) is 8.05. The largest absolute Gasteiger partial charge is 1.00 e. The molecule has 1 atom stereocenters. The SMILES string of the molecule is CC1(C)OCc2cc([C@H](O)CN(CCCCCCOCCOCc3cccc([N+](C)(C)C)c3)C(=O)OCc3ccccc3)ccc2O1.[I-]. The Morgan fingerprint density at radius 2 is 1.60 bits per heavy atom. The summed E-state index contributed by atoms with van der Waals surface area (Å²) < 4.78 is 29.7. The van der Waals surface area contributed by atoms with Gasteiger partial charge in [-0.25, -0.2) is 4.79 Å². The van der Waals surface area contributed by atoms with Crippen LogP contribution in [0.4, 0.5) is 10.5 Å². The summed E-state index contributed by atoms with van der Waals surface area (Å²) in [5, 5.41) is 11.1. The Hall–Kier alpha value is -2.74. The molecule has 264 valence electrons. The van der Waals surface area contributed by atoms with Crippen molar-refractivity contribution in [3.63, 3.8) is 0 Å². The lowest BCUT2D eigenvalue weighted by Gasteiger charge is -2.33. The van der Waals surface area contributed by atoms with E-state index in [4.69, 9.17) is 23.7 Å². The van der Waals surface area contributed by atoms with E-state index in [0.29, 0.717) is 45.1 Å². The number of ether oxygens (including phenoxy) is 5. The van der Waals surface area contributed by atoms with Gasteiger partial charge in [-0.05, 0) is 47.7 Å². The van der Waals surface area contributed by atoms with Crippen LogP contribution in [0.25, 0.3) is 0 Å². The number of nitrogens with zero attached hydrogens (tertiary/aromatic N) is 2. The van der Waals surface area contributed by atoms with Crippen LogP contribution in [-0.4, -0.2) is 75.9 Å². The topological polar surface area (TPSA) is 86.7 Å². The van der Waals surface area contributed by atoms with Gasteiger partial charge in [0, 0.05) is 38.6 Å². The molecule has 4 rings (SSSR count). The predicted octanol–water partition coefficient (Wildman–Crippen LogP) is 4.00. The van der Waals surface area contributed by atoms with Gasteiger partial charge in [-0.1, -0.05) is 61.4 Å².